The van der Waals surface area contributed by atoms with Crippen LogP contribution in [0, 0.1) is 13.8 Å². The maximum absolute atomic E-state index is 6.10. The molecular formula is C12H18ClN3O. The standard InChI is InChI=1S/C12H18ClN3O/c1-4-10-7-16(5-6-17-10)12-8(2)11(13)14-9(3)15-12/h10H,4-7H2,1-3H3. The lowest BCUT2D eigenvalue weighted by Crippen LogP contribution is -2.43. The molecule has 2 heterocycles. The van der Waals surface area contributed by atoms with Gasteiger partial charge in [-0.3, -0.25) is 0 Å². The molecule has 1 aromatic rings. The third-order valence-corrected chi connectivity index (χ3v) is 3.43. The molecular weight excluding hydrogens is 238 g/mol. The van der Waals surface area contributed by atoms with Crippen molar-refractivity contribution in [2.75, 3.05) is 24.6 Å². The summed E-state index contributed by atoms with van der Waals surface area (Å²) in [5.74, 6) is 1.67. The maximum atomic E-state index is 6.10. The zero-order valence-corrected chi connectivity index (χ0v) is 11.3. The first-order valence-electron chi connectivity index (χ1n) is 5.99. The number of halogens is 1. The minimum atomic E-state index is 0.289. The van der Waals surface area contributed by atoms with Gasteiger partial charge in [0.2, 0.25) is 0 Å². The summed E-state index contributed by atoms with van der Waals surface area (Å²) in [5.41, 5.74) is 0.953. The Hall–Kier alpha value is -0.870. The molecule has 0 N–H and O–H groups in total. The van der Waals surface area contributed by atoms with Crippen LogP contribution >= 0.6 is 11.6 Å². The van der Waals surface area contributed by atoms with Crippen LogP contribution in [0.3, 0.4) is 0 Å². The third kappa shape index (κ3) is 2.69. The first kappa shape index (κ1) is 12.6. The lowest BCUT2D eigenvalue weighted by molar-refractivity contribution is 0.0381. The van der Waals surface area contributed by atoms with Crippen molar-refractivity contribution in [1.82, 2.24) is 9.97 Å². The van der Waals surface area contributed by atoms with Crippen molar-refractivity contribution in [2.24, 2.45) is 0 Å². The molecule has 1 aliphatic rings. The molecule has 1 fully saturated rings. The monoisotopic (exact) mass is 255 g/mol. The van der Waals surface area contributed by atoms with Gasteiger partial charge in [-0.05, 0) is 20.3 Å². The predicted molar refractivity (Wildman–Crippen MR) is 68.8 cm³/mol. The summed E-state index contributed by atoms with van der Waals surface area (Å²) < 4.78 is 5.66. The first-order chi connectivity index (χ1) is 8.11. The topological polar surface area (TPSA) is 38.2 Å². The molecule has 0 aliphatic carbocycles. The second-order valence-electron chi connectivity index (χ2n) is 4.36. The Morgan fingerprint density at radius 3 is 2.88 bits per heavy atom. The molecule has 1 unspecified atom stereocenters. The highest BCUT2D eigenvalue weighted by Gasteiger charge is 2.22. The Kier molecular flexibility index (Phi) is 3.84. The normalized spacial score (nSPS) is 20.7. The lowest BCUT2D eigenvalue weighted by Gasteiger charge is -2.34. The van der Waals surface area contributed by atoms with E-state index in [9.17, 15) is 0 Å². The van der Waals surface area contributed by atoms with Crippen LogP contribution in [0.2, 0.25) is 5.15 Å². The molecule has 5 heteroatoms. The lowest BCUT2D eigenvalue weighted by atomic mass is 10.2. The molecule has 0 amide bonds. The highest BCUT2D eigenvalue weighted by Crippen LogP contribution is 2.25. The summed E-state index contributed by atoms with van der Waals surface area (Å²) >= 11 is 6.10. The molecule has 0 radical (unpaired) electrons. The molecule has 0 aromatic carbocycles. The quantitative estimate of drug-likeness (QED) is 0.761. The molecule has 1 atom stereocenters. The smallest absolute Gasteiger partial charge is 0.137 e. The van der Waals surface area contributed by atoms with E-state index in [-0.39, 0.29) is 6.10 Å². The Labute approximate surface area is 107 Å². The van der Waals surface area contributed by atoms with Gasteiger partial charge in [0, 0.05) is 18.7 Å². The van der Waals surface area contributed by atoms with Gasteiger partial charge in [-0.15, -0.1) is 0 Å². The van der Waals surface area contributed by atoms with Crippen LogP contribution < -0.4 is 4.90 Å². The van der Waals surface area contributed by atoms with Crippen molar-refractivity contribution < 1.29 is 4.74 Å². The highest BCUT2D eigenvalue weighted by atomic mass is 35.5. The molecule has 0 spiro atoms. The van der Waals surface area contributed by atoms with Gasteiger partial charge < -0.3 is 9.64 Å². The summed E-state index contributed by atoms with van der Waals surface area (Å²) in [7, 11) is 0. The second-order valence-corrected chi connectivity index (χ2v) is 4.72. The number of rotatable bonds is 2. The van der Waals surface area contributed by atoms with Crippen molar-refractivity contribution in [3.05, 3.63) is 16.5 Å². The number of hydrogen-bond acceptors (Lipinski definition) is 4. The van der Waals surface area contributed by atoms with Gasteiger partial charge in [0.05, 0.1) is 12.7 Å². The number of nitrogens with zero attached hydrogens (tertiary/aromatic N) is 3. The summed E-state index contributed by atoms with van der Waals surface area (Å²) in [5, 5.41) is 0.548. The van der Waals surface area contributed by atoms with Crippen molar-refractivity contribution in [3.63, 3.8) is 0 Å². The molecule has 17 heavy (non-hydrogen) atoms. The predicted octanol–water partition coefficient (Wildman–Crippen LogP) is 2.36. The summed E-state index contributed by atoms with van der Waals surface area (Å²) in [6.45, 7) is 8.46. The largest absolute Gasteiger partial charge is 0.375 e. The van der Waals surface area contributed by atoms with Crippen molar-refractivity contribution in [3.8, 4) is 0 Å². The fourth-order valence-corrected chi connectivity index (χ4v) is 2.25. The van der Waals surface area contributed by atoms with Gasteiger partial charge in [0.1, 0.15) is 16.8 Å². The van der Waals surface area contributed by atoms with Gasteiger partial charge >= 0.3 is 0 Å². The summed E-state index contributed by atoms with van der Waals surface area (Å²) in [4.78, 5) is 10.9. The maximum Gasteiger partial charge on any atom is 0.137 e. The zero-order valence-electron chi connectivity index (χ0n) is 10.5. The van der Waals surface area contributed by atoms with Crippen LogP contribution in [-0.2, 0) is 4.74 Å². The van der Waals surface area contributed by atoms with Gasteiger partial charge in [0.25, 0.3) is 0 Å². The van der Waals surface area contributed by atoms with Crippen LogP contribution in [0.4, 0.5) is 5.82 Å². The second kappa shape index (κ2) is 5.19. The zero-order chi connectivity index (χ0) is 12.4. The van der Waals surface area contributed by atoms with Crippen LogP contribution in [0.5, 0.6) is 0 Å². The minimum Gasteiger partial charge on any atom is -0.375 e. The van der Waals surface area contributed by atoms with E-state index in [4.69, 9.17) is 16.3 Å². The molecule has 94 valence electrons. The average molecular weight is 256 g/mol. The van der Waals surface area contributed by atoms with Crippen LogP contribution in [0.25, 0.3) is 0 Å². The van der Waals surface area contributed by atoms with E-state index in [1.165, 1.54) is 0 Å². The van der Waals surface area contributed by atoms with Gasteiger partial charge in [-0.25, -0.2) is 9.97 Å². The molecule has 1 aliphatic heterocycles. The first-order valence-corrected chi connectivity index (χ1v) is 6.37. The van der Waals surface area contributed by atoms with E-state index in [1.807, 2.05) is 13.8 Å². The number of aryl methyl sites for hydroxylation is 1. The molecule has 4 nitrogen and oxygen atoms in total. The van der Waals surface area contributed by atoms with Gasteiger partial charge in [-0.2, -0.15) is 0 Å². The van der Waals surface area contributed by atoms with E-state index in [0.717, 1.165) is 43.3 Å². The van der Waals surface area contributed by atoms with E-state index < -0.39 is 0 Å². The van der Waals surface area contributed by atoms with Crippen molar-refractivity contribution in [1.29, 1.82) is 0 Å². The summed E-state index contributed by atoms with van der Waals surface area (Å²) in [6.07, 6.45) is 1.31. The number of anilines is 1. The fourth-order valence-electron chi connectivity index (χ4n) is 2.05. The Balaban J connectivity index is 2.27. The fraction of sp³-hybridized carbons (Fsp3) is 0.667. The molecule has 2 rings (SSSR count). The minimum absolute atomic E-state index is 0.289. The third-order valence-electron chi connectivity index (χ3n) is 3.07. The van der Waals surface area contributed by atoms with Crippen LogP contribution in [0.1, 0.15) is 24.7 Å². The Bertz CT molecular complexity index is 411. The number of ether oxygens (including phenoxy) is 1. The number of aromatic nitrogens is 2. The highest BCUT2D eigenvalue weighted by molar-refractivity contribution is 6.30. The molecule has 1 saturated heterocycles. The van der Waals surface area contributed by atoms with Crippen molar-refractivity contribution >= 4 is 17.4 Å². The average Bonchev–Trinajstić information content (AvgIpc) is 2.34. The van der Waals surface area contributed by atoms with Crippen molar-refractivity contribution in [2.45, 2.75) is 33.3 Å². The van der Waals surface area contributed by atoms with E-state index >= 15 is 0 Å². The Morgan fingerprint density at radius 2 is 2.18 bits per heavy atom. The van der Waals surface area contributed by atoms with E-state index in [0.29, 0.717) is 5.15 Å². The summed E-state index contributed by atoms with van der Waals surface area (Å²) in [6, 6.07) is 0. The van der Waals surface area contributed by atoms with Gasteiger partial charge in [-0.1, -0.05) is 18.5 Å². The molecule has 0 saturated carbocycles. The van der Waals surface area contributed by atoms with Crippen LogP contribution in [-0.4, -0.2) is 35.8 Å². The van der Waals surface area contributed by atoms with E-state index in [2.05, 4.69) is 21.8 Å². The molecule has 0 bridgehead atoms. The SMILES string of the molecule is CCC1CN(c2nc(C)nc(Cl)c2C)CCO1. The van der Waals surface area contributed by atoms with Crippen LogP contribution in [0.15, 0.2) is 0 Å². The Morgan fingerprint density at radius 1 is 1.41 bits per heavy atom. The van der Waals surface area contributed by atoms with E-state index in [1.54, 1.807) is 0 Å². The van der Waals surface area contributed by atoms with Gasteiger partial charge in [0.15, 0.2) is 0 Å². The number of hydrogen-bond donors (Lipinski definition) is 0. The molecule has 1 aromatic heterocycles. The number of morpholine rings is 1.